The molecule has 1 aliphatic rings. The maximum absolute atomic E-state index is 13.0. The fourth-order valence-electron chi connectivity index (χ4n) is 3.81. The van der Waals surface area contributed by atoms with Crippen LogP contribution in [0.1, 0.15) is 63.1 Å². The van der Waals surface area contributed by atoms with E-state index in [9.17, 15) is 27.6 Å². The molecule has 1 amide bonds. The Kier molecular flexibility index (Phi) is 6.99. The summed E-state index contributed by atoms with van der Waals surface area (Å²) in [5.41, 5.74) is 1.20. The molecule has 1 aromatic carbocycles. The molecule has 5 nitrogen and oxygen atoms in total. The second-order valence-corrected chi connectivity index (χ2v) is 8.78. The summed E-state index contributed by atoms with van der Waals surface area (Å²) in [6, 6.07) is 2.87. The Morgan fingerprint density at radius 1 is 1.20 bits per heavy atom. The number of hydrogen-bond acceptors (Lipinski definition) is 4. The van der Waals surface area contributed by atoms with Gasteiger partial charge in [0.2, 0.25) is 5.91 Å². The first-order valence-electron chi connectivity index (χ1n) is 9.92. The fourth-order valence-corrected chi connectivity index (χ4v) is 3.81. The number of carbonyl (C=O) groups excluding carboxylic acids is 3. The van der Waals surface area contributed by atoms with Crippen molar-refractivity contribution in [3.63, 3.8) is 0 Å². The number of alkyl halides is 3. The number of aryl methyl sites for hydroxylation is 2. The lowest BCUT2D eigenvalue weighted by Gasteiger charge is -2.21. The van der Waals surface area contributed by atoms with Crippen LogP contribution in [0.4, 0.5) is 13.2 Å². The third-order valence-electron chi connectivity index (χ3n) is 4.92. The molecule has 30 heavy (non-hydrogen) atoms. The Hall–Kier alpha value is -2.38. The van der Waals surface area contributed by atoms with E-state index in [-0.39, 0.29) is 36.1 Å². The van der Waals surface area contributed by atoms with Gasteiger partial charge in [0.25, 0.3) is 0 Å². The molecule has 1 aliphatic carbocycles. The lowest BCUT2D eigenvalue weighted by Crippen LogP contribution is -2.41. The number of ketones is 2. The maximum atomic E-state index is 13.0. The van der Waals surface area contributed by atoms with Crippen LogP contribution in [0.15, 0.2) is 12.1 Å². The quantitative estimate of drug-likeness (QED) is 0.696. The average Bonchev–Trinajstić information content (AvgIpc) is 2.84. The zero-order valence-electron chi connectivity index (χ0n) is 17.9. The molecule has 2 rings (SSSR count). The average molecular weight is 427 g/mol. The number of ether oxygens (including phenoxy) is 1. The fraction of sp³-hybridized carbons (Fsp3) is 0.591. The number of benzene rings is 1. The van der Waals surface area contributed by atoms with Crippen LogP contribution < -0.4 is 10.1 Å². The van der Waals surface area contributed by atoms with Gasteiger partial charge >= 0.3 is 6.18 Å². The van der Waals surface area contributed by atoms with Crippen LogP contribution in [0.2, 0.25) is 0 Å². The summed E-state index contributed by atoms with van der Waals surface area (Å²) in [5, 5.41) is 2.79. The van der Waals surface area contributed by atoms with E-state index in [1.807, 2.05) is 20.8 Å². The van der Waals surface area contributed by atoms with Gasteiger partial charge in [0.05, 0.1) is 0 Å². The van der Waals surface area contributed by atoms with Crippen molar-refractivity contribution in [3.8, 4) is 5.75 Å². The Morgan fingerprint density at radius 3 is 2.37 bits per heavy atom. The molecule has 8 heteroatoms. The molecule has 0 radical (unpaired) electrons. The Bertz CT molecular complexity index is 840. The van der Waals surface area contributed by atoms with E-state index in [1.54, 1.807) is 13.8 Å². The molecule has 1 fully saturated rings. The van der Waals surface area contributed by atoms with Crippen molar-refractivity contribution < 1.29 is 32.3 Å². The minimum Gasteiger partial charge on any atom is -0.484 e. The molecule has 0 heterocycles. The third kappa shape index (κ3) is 6.06. The lowest BCUT2D eigenvalue weighted by molar-refractivity contribution is -0.153. The van der Waals surface area contributed by atoms with Crippen molar-refractivity contribution in [2.45, 2.75) is 71.5 Å². The largest absolute Gasteiger partial charge is 0.484 e. The smallest absolute Gasteiger partial charge is 0.422 e. The Labute approximate surface area is 174 Å². The van der Waals surface area contributed by atoms with E-state index in [0.29, 0.717) is 23.1 Å². The van der Waals surface area contributed by atoms with Crippen molar-refractivity contribution in [3.05, 3.63) is 28.8 Å². The summed E-state index contributed by atoms with van der Waals surface area (Å²) in [5.74, 6) is -2.53. The van der Waals surface area contributed by atoms with Crippen molar-refractivity contribution in [1.82, 2.24) is 5.32 Å². The summed E-state index contributed by atoms with van der Waals surface area (Å²) < 4.78 is 42.2. The first-order chi connectivity index (χ1) is 13.7. The highest BCUT2D eigenvalue weighted by Gasteiger charge is 2.44. The highest BCUT2D eigenvalue weighted by molar-refractivity contribution is 6.15. The minimum atomic E-state index is -4.46. The highest BCUT2D eigenvalue weighted by Crippen LogP contribution is 2.39. The maximum Gasteiger partial charge on any atom is 0.422 e. The molecular formula is C22H28F3NO4. The molecule has 2 unspecified atom stereocenters. The van der Waals surface area contributed by atoms with Crippen molar-refractivity contribution in [2.75, 3.05) is 6.61 Å². The van der Waals surface area contributed by atoms with Gasteiger partial charge in [-0.1, -0.05) is 6.92 Å². The van der Waals surface area contributed by atoms with Gasteiger partial charge < -0.3 is 10.1 Å². The van der Waals surface area contributed by atoms with Crippen LogP contribution in [-0.4, -0.2) is 35.8 Å². The molecule has 0 spiro atoms. The van der Waals surface area contributed by atoms with Gasteiger partial charge in [-0.3, -0.25) is 14.4 Å². The van der Waals surface area contributed by atoms with Crippen LogP contribution >= 0.6 is 0 Å². The molecule has 0 aliphatic heterocycles. The molecule has 1 saturated carbocycles. The number of carbonyl (C=O) groups is 3. The summed E-state index contributed by atoms with van der Waals surface area (Å²) in [6.45, 7) is 7.51. The van der Waals surface area contributed by atoms with Crippen LogP contribution in [0, 0.1) is 12.8 Å². The van der Waals surface area contributed by atoms with Crippen molar-refractivity contribution in [2.24, 2.45) is 5.92 Å². The van der Waals surface area contributed by atoms with Crippen LogP contribution in [0.3, 0.4) is 0 Å². The second-order valence-electron chi connectivity index (χ2n) is 8.78. The van der Waals surface area contributed by atoms with Gasteiger partial charge in [-0.05, 0) is 62.9 Å². The Morgan fingerprint density at radius 2 is 1.83 bits per heavy atom. The zero-order chi connectivity index (χ0) is 22.9. The van der Waals surface area contributed by atoms with E-state index in [4.69, 9.17) is 4.74 Å². The summed E-state index contributed by atoms with van der Waals surface area (Å²) in [4.78, 5) is 37.9. The predicted octanol–water partition coefficient (Wildman–Crippen LogP) is 4.05. The second kappa shape index (κ2) is 8.78. The zero-order valence-corrected chi connectivity index (χ0v) is 17.9. The molecular weight excluding hydrogens is 399 g/mol. The number of rotatable bonds is 6. The van der Waals surface area contributed by atoms with E-state index in [1.165, 1.54) is 12.1 Å². The molecule has 0 bridgehead atoms. The van der Waals surface area contributed by atoms with Crippen LogP contribution in [0.25, 0.3) is 0 Å². The normalized spacial score (nSPS) is 19.9. The molecule has 166 valence electrons. The van der Waals surface area contributed by atoms with Gasteiger partial charge in [0, 0.05) is 24.3 Å². The highest BCUT2D eigenvalue weighted by atomic mass is 19.4. The first-order valence-corrected chi connectivity index (χ1v) is 9.92. The van der Waals surface area contributed by atoms with E-state index in [2.05, 4.69) is 5.32 Å². The van der Waals surface area contributed by atoms with E-state index < -0.39 is 30.2 Å². The summed E-state index contributed by atoms with van der Waals surface area (Å²) in [6.07, 6.45) is -4.12. The van der Waals surface area contributed by atoms with Crippen molar-refractivity contribution >= 4 is 17.5 Å². The first kappa shape index (κ1) is 23.9. The summed E-state index contributed by atoms with van der Waals surface area (Å²) in [7, 11) is 0. The standard InChI is InChI=1S/C22H28F3NO4/c1-6-13-8-15(30-11-22(23,24)25)7-12(2)18(13)19-16(27)9-14(20(19)29)10-17(28)26-21(3,4)5/h7-8,14,19H,6,9-11H2,1-5H3,(H,26,28). The molecule has 0 aromatic heterocycles. The summed E-state index contributed by atoms with van der Waals surface area (Å²) >= 11 is 0. The Balaban J connectivity index is 2.26. The number of Topliss-reactive ketones (excluding diaryl/α,β-unsaturated/α-hetero) is 2. The van der Waals surface area contributed by atoms with E-state index >= 15 is 0 Å². The van der Waals surface area contributed by atoms with Crippen LogP contribution in [-0.2, 0) is 20.8 Å². The number of hydrogen-bond donors (Lipinski definition) is 1. The number of nitrogens with one attached hydrogen (secondary N) is 1. The lowest BCUT2D eigenvalue weighted by atomic mass is 9.85. The number of halogens is 3. The monoisotopic (exact) mass is 427 g/mol. The third-order valence-corrected chi connectivity index (χ3v) is 4.92. The van der Waals surface area contributed by atoms with Gasteiger partial charge in [0.15, 0.2) is 12.4 Å². The topological polar surface area (TPSA) is 72.5 Å². The van der Waals surface area contributed by atoms with Gasteiger partial charge in [-0.15, -0.1) is 0 Å². The van der Waals surface area contributed by atoms with Gasteiger partial charge in [0.1, 0.15) is 17.5 Å². The van der Waals surface area contributed by atoms with Crippen molar-refractivity contribution in [1.29, 1.82) is 0 Å². The van der Waals surface area contributed by atoms with Gasteiger partial charge in [-0.2, -0.15) is 13.2 Å². The molecule has 2 atom stereocenters. The van der Waals surface area contributed by atoms with Gasteiger partial charge in [-0.25, -0.2) is 0 Å². The molecule has 1 N–H and O–H groups in total. The van der Waals surface area contributed by atoms with Crippen LogP contribution in [0.5, 0.6) is 5.75 Å². The van der Waals surface area contributed by atoms with E-state index in [0.717, 1.165) is 0 Å². The SMILES string of the molecule is CCc1cc(OCC(F)(F)F)cc(C)c1C1C(=O)CC(CC(=O)NC(C)(C)C)C1=O. The molecule has 0 saturated heterocycles. The molecule has 1 aromatic rings. The number of amides is 1. The predicted molar refractivity (Wildman–Crippen MR) is 105 cm³/mol. The minimum absolute atomic E-state index is 0.0179.